The minimum atomic E-state index is -0.498. The fraction of sp³-hybridized carbons (Fsp3) is 0.273. The number of hydrogen-bond acceptors (Lipinski definition) is 8. The number of aromatic nitrogens is 1. The Balaban J connectivity index is 1.79. The van der Waals surface area contributed by atoms with E-state index in [0.717, 1.165) is 11.3 Å². The first-order valence-electron chi connectivity index (χ1n) is 9.63. The highest BCUT2D eigenvalue weighted by atomic mass is 32.1. The van der Waals surface area contributed by atoms with Crippen molar-refractivity contribution in [3.05, 3.63) is 62.5 Å². The molecule has 3 aromatic rings. The lowest BCUT2D eigenvalue weighted by atomic mass is 10.1. The van der Waals surface area contributed by atoms with Crippen LogP contribution in [-0.2, 0) is 0 Å². The third-order valence-corrected chi connectivity index (χ3v) is 5.26. The first-order chi connectivity index (χ1) is 14.8. The van der Waals surface area contributed by atoms with Gasteiger partial charge in [0.1, 0.15) is 0 Å². The van der Waals surface area contributed by atoms with Gasteiger partial charge in [-0.3, -0.25) is 15.5 Å². The summed E-state index contributed by atoms with van der Waals surface area (Å²) in [7, 11) is 1.44. The van der Waals surface area contributed by atoms with E-state index in [0.29, 0.717) is 10.7 Å². The van der Waals surface area contributed by atoms with E-state index in [2.05, 4.69) is 41.5 Å². The molecule has 3 rings (SSSR count). The highest BCUT2D eigenvalue weighted by Gasteiger charge is 2.23. The summed E-state index contributed by atoms with van der Waals surface area (Å²) < 4.78 is 10.9. The van der Waals surface area contributed by atoms with Crippen LogP contribution >= 0.6 is 11.3 Å². The molecule has 0 radical (unpaired) electrons. The topological polar surface area (TPSA) is 98.9 Å². The van der Waals surface area contributed by atoms with Crippen LogP contribution in [0.3, 0.4) is 0 Å². The predicted octanol–water partition coefficient (Wildman–Crippen LogP) is 5.58. The highest BCUT2D eigenvalue weighted by molar-refractivity contribution is 7.14. The molecule has 0 saturated carbocycles. The average Bonchev–Trinajstić information content (AvgIpc) is 3.19. The van der Waals surface area contributed by atoms with Crippen LogP contribution in [0.4, 0.5) is 10.8 Å². The first kappa shape index (κ1) is 22.2. The minimum absolute atomic E-state index is 0.102. The van der Waals surface area contributed by atoms with Crippen molar-refractivity contribution in [2.24, 2.45) is 5.10 Å². The second-order valence-corrected chi connectivity index (χ2v) is 8.06. The van der Waals surface area contributed by atoms with Crippen molar-refractivity contribution >= 4 is 28.4 Å². The van der Waals surface area contributed by atoms with Gasteiger partial charge in [-0.05, 0) is 51.0 Å². The zero-order valence-corrected chi connectivity index (χ0v) is 18.8. The Bertz CT molecular complexity index is 1120. The molecular weight excluding hydrogens is 416 g/mol. The van der Waals surface area contributed by atoms with E-state index in [1.165, 1.54) is 41.9 Å². The van der Waals surface area contributed by atoms with Crippen LogP contribution in [-0.4, -0.2) is 29.3 Å². The Morgan fingerprint density at radius 3 is 2.65 bits per heavy atom. The maximum Gasteiger partial charge on any atom is 0.315 e. The SMILES string of the molecule is COc1cc(/C=N\Nc2nc(-c3ccc(C)c(C)c3)cs2)cc([N+](=O)[O-])c1OC(C)C. The van der Waals surface area contributed by atoms with Gasteiger partial charge in [0.05, 0.1) is 30.0 Å². The van der Waals surface area contributed by atoms with E-state index in [-0.39, 0.29) is 23.3 Å². The lowest BCUT2D eigenvalue weighted by Crippen LogP contribution is -2.09. The van der Waals surface area contributed by atoms with Crippen molar-refractivity contribution in [2.75, 3.05) is 12.5 Å². The third-order valence-electron chi connectivity index (χ3n) is 4.51. The van der Waals surface area contributed by atoms with Crippen molar-refractivity contribution in [3.63, 3.8) is 0 Å². The lowest BCUT2D eigenvalue weighted by molar-refractivity contribution is -0.386. The van der Waals surface area contributed by atoms with E-state index in [1.807, 2.05) is 11.4 Å². The van der Waals surface area contributed by atoms with Gasteiger partial charge in [-0.1, -0.05) is 12.1 Å². The van der Waals surface area contributed by atoms with Gasteiger partial charge in [-0.15, -0.1) is 11.3 Å². The van der Waals surface area contributed by atoms with Gasteiger partial charge in [-0.2, -0.15) is 5.10 Å². The quantitative estimate of drug-likeness (QED) is 0.279. The summed E-state index contributed by atoms with van der Waals surface area (Å²) >= 11 is 1.43. The lowest BCUT2D eigenvalue weighted by Gasteiger charge is -2.14. The van der Waals surface area contributed by atoms with Gasteiger partial charge < -0.3 is 9.47 Å². The molecule has 31 heavy (non-hydrogen) atoms. The number of nitro groups is 1. The minimum Gasteiger partial charge on any atom is -0.493 e. The molecule has 0 aliphatic rings. The molecule has 2 aromatic carbocycles. The number of aryl methyl sites for hydroxylation is 2. The van der Waals surface area contributed by atoms with Crippen LogP contribution in [0.5, 0.6) is 11.5 Å². The van der Waals surface area contributed by atoms with Gasteiger partial charge >= 0.3 is 5.69 Å². The van der Waals surface area contributed by atoms with Gasteiger partial charge in [0, 0.05) is 22.6 Å². The molecule has 0 bridgehead atoms. The zero-order chi connectivity index (χ0) is 22.5. The number of rotatable bonds is 8. The number of nitrogens with zero attached hydrogens (tertiary/aromatic N) is 3. The highest BCUT2D eigenvalue weighted by Crippen LogP contribution is 2.38. The van der Waals surface area contributed by atoms with Crippen LogP contribution in [0.2, 0.25) is 0 Å². The molecule has 0 saturated heterocycles. The number of nitrogens with one attached hydrogen (secondary N) is 1. The first-order valence-corrected chi connectivity index (χ1v) is 10.5. The van der Waals surface area contributed by atoms with Crippen molar-refractivity contribution < 1.29 is 14.4 Å². The van der Waals surface area contributed by atoms with E-state index in [1.54, 1.807) is 19.9 Å². The third kappa shape index (κ3) is 5.37. The number of hydrogen-bond donors (Lipinski definition) is 1. The number of benzene rings is 2. The molecule has 0 spiro atoms. The molecule has 0 fully saturated rings. The largest absolute Gasteiger partial charge is 0.493 e. The molecule has 0 atom stereocenters. The average molecular weight is 441 g/mol. The summed E-state index contributed by atoms with van der Waals surface area (Å²) in [4.78, 5) is 15.6. The number of anilines is 1. The molecule has 1 heterocycles. The van der Waals surface area contributed by atoms with Crippen molar-refractivity contribution in [2.45, 2.75) is 33.8 Å². The number of hydrazone groups is 1. The van der Waals surface area contributed by atoms with Crippen molar-refractivity contribution in [1.82, 2.24) is 4.98 Å². The number of thiazole rings is 1. The molecule has 9 heteroatoms. The van der Waals surface area contributed by atoms with Crippen molar-refractivity contribution in [1.29, 1.82) is 0 Å². The van der Waals surface area contributed by atoms with Crippen LogP contribution in [0.15, 0.2) is 40.8 Å². The van der Waals surface area contributed by atoms with E-state index < -0.39 is 4.92 Å². The van der Waals surface area contributed by atoms with Crippen LogP contribution in [0, 0.1) is 24.0 Å². The number of methoxy groups -OCH3 is 1. The van der Waals surface area contributed by atoms with Gasteiger partial charge in [-0.25, -0.2) is 4.98 Å². The summed E-state index contributed by atoms with van der Waals surface area (Å²) in [5.41, 5.74) is 7.53. The van der Waals surface area contributed by atoms with Crippen molar-refractivity contribution in [3.8, 4) is 22.8 Å². The monoisotopic (exact) mass is 440 g/mol. The Hall–Kier alpha value is -3.46. The number of nitro benzene ring substituents is 1. The summed E-state index contributed by atoms with van der Waals surface area (Å²) in [5.74, 6) is 0.376. The van der Waals surface area contributed by atoms with E-state index in [4.69, 9.17) is 9.47 Å². The smallest absolute Gasteiger partial charge is 0.315 e. The van der Waals surface area contributed by atoms with E-state index >= 15 is 0 Å². The Morgan fingerprint density at radius 1 is 1.23 bits per heavy atom. The Morgan fingerprint density at radius 2 is 2.00 bits per heavy atom. The molecule has 0 aliphatic heterocycles. The predicted molar refractivity (Wildman–Crippen MR) is 124 cm³/mol. The summed E-state index contributed by atoms with van der Waals surface area (Å²) in [6.45, 7) is 7.73. The zero-order valence-electron chi connectivity index (χ0n) is 18.0. The second-order valence-electron chi connectivity index (χ2n) is 7.20. The summed E-state index contributed by atoms with van der Waals surface area (Å²) in [6, 6.07) is 9.24. The molecular formula is C22H24N4O4S. The molecule has 8 nitrogen and oxygen atoms in total. The maximum absolute atomic E-state index is 11.5. The maximum atomic E-state index is 11.5. The normalized spacial score (nSPS) is 11.2. The van der Waals surface area contributed by atoms with Gasteiger partial charge in [0.25, 0.3) is 0 Å². The number of ether oxygens (including phenoxy) is 2. The molecule has 0 amide bonds. The fourth-order valence-electron chi connectivity index (χ4n) is 2.84. The Labute approximate surface area is 184 Å². The summed E-state index contributed by atoms with van der Waals surface area (Å²) in [5, 5.41) is 18.2. The van der Waals surface area contributed by atoms with Crippen LogP contribution in [0.25, 0.3) is 11.3 Å². The molecule has 162 valence electrons. The fourth-order valence-corrected chi connectivity index (χ4v) is 3.51. The second kappa shape index (κ2) is 9.57. The molecule has 0 unspecified atom stereocenters. The summed E-state index contributed by atoms with van der Waals surface area (Å²) in [6.07, 6.45) is 1.25. The standard InChI is InChI=1S/C22H24N4O4S/c1-13(2)30-21-19(26(27)28)9-16(10-20(21)29-5)11-23-25-22-24-18(12-31-22)17-7-6-14(3)15(4)8-17/h6-13H,1-5H3,(H,24,25)/b23-11-. The molecule has 1 aromatic heterocycles. The van der Waals surface area contributed by atoms with Crippen LogP contribution < -0.4 is 14.9 Å². The van der Waals surface area contributed by atoms with E-state index in [9.17, 15) is 10.1 Å². The molecule has 0 aliphatic carbocycles. The van der Waals surface area contributed by atoms with Crippen LogP contribution in [0.1, 0.15) is 30.5 Å². The van der Waals surface area contributed by atoms with Gasteiger partial charge in [0.2, 0.25) is 10.9 Å². The Kier molecular flexibility index (Phi) is 6.86. The van der Waals surface area contributed by atoms with Gasteiger partial charge in [0.15, 0.2) is 5.75 Å². The molecule has 1 N–H and O–H groups in total.